The van der Waals surface area contributed by atoms with Gasteiger partial charge >= 0.3 is 0 Å². The molecule has 0 aromatic carbocycles. The molecule has 2 bridgehead atoms. The molecule has 4 aliphatic carbocycles. The molecule has 0 amide bonds. The van der Waals surface area contributed by atoms with E-state index in [4.69, 9.17) is 14.2 Å². The van der Waals surface area contributed by atoms with E-state index in [9.17, 15) is 0 Å². The lowest BCUT2D eigenvalue weighted by Gasteiger charge is -2.61. The minimum Gasteiger partial charge on any atom is -0.381 e. The largest absolute Gasteiger partial charge is 0.381 e. The number of rotatable bonds is 7. The lowest BCUT2D eigenvalue weighted by atomic mass is 9.43. The second-order valence-electron chi connectivity index (χ2n) is 14.9. The van der Waals surface area contributed by atoms with Gasteiger partial charge in [-0.05, 0) is 123 Å². The van der Waals surface area contributed by atoms with Gasteiger partial charge in [0.25, 0.3) is 0 Å². The Morgan fingerprint density at radius 1 is 1.11 bits per heavy atom. The van der Waals surface area contributed by atoms with Crippen LogP contribution in [0.25, 0.3) is 0 Å². The summed E-state index contributed by atoms with van der Waals surface area (Å²) in [5, 5.41) is 0. The maximum absolute atomic E-state index is 7.12. The maximum Gasteiger partial charge on any atom is 0.0956 e. The number of nitrogens with one attached hydrogen (secondary N) is 1. The Bertz CT molecular complexity index is 902. The van der Waals surface area contributed by atoms with Crippen LogP contribution in [0.5, 0.6) is 0 Å². The topological polar surface area (TPSA) is 39.7 Å². The molecular weight excluding hydrogens is 605 g/mol. The first-order valence-corrected chi connectivity index (χ1v) is 19.2. The molecule has 9 atom stereocenters. The molecule has 5 fully saturated rings. The molecule has 2 heterocycles. The first-order chi connectivity index (χ1) is 18.2. The van der Waals surface area contributed by atoms with E-state index in [1.54, 1.807) is 9.12 Å². The van der Waals surface area contributed by atoms with E-state index in [1.807, 2.05) is 5.57 Å². The van der Waals surface area contributed by atoms with Crippen LogP contribution >= 0.6 is 30.3 Å². The summed E-state index contributed by atoms with van der Waals surface area (Å²) in [5.74, 6) is 4.00. The predicted octanol–water partition coefficient (Wildman–Crippen LogP) is 8.29. The van der Waals surface area contributed by atoms with Gasteiger partial charge in [0.05, 0.1) is 30.0 Å². The van der Waals surface area contributed by atoms with E-state index in [-0.39, 0.29) is 28.8 Å². The van der Waals surface area contributed by atoms with Crippen LogP contribution in [0, 0.1) is 40.4 Å². The molecule has 0 spiro atoms. The van der Waals surface area contributed by atoms with Crippen LogP contribution in [0.15, 0.2) is 11.6 Å². The molecule has 0 aromatic rings. The van der Waals surface area contributed by atoms with Crippen molar-refractivity contribution in [1.82, 2.24) is 4.72 Å². The van der Waals surface area contributed by atoms with Crippen molar-refractivity contribution in [2.75, 3.05) is 19.8 Å². The summed E-state index contributed by atoms with van der Waals surface area (Å²) in [7, 11) is 1.69. The van der Waals surface area contributed by atoms with Crippen molar-refractivity contribution in [3.8, 4) is 0 Å². The molecular formula is C32H52INO3S. The fourth-order valence-electron chi connectivity index (χ4n) is 10.8. The highest BCUT2D eigenvalue weighted by atomic mass is 127. The number of halogens is 1. The van der Waals surface area contributed by atoms with Crippen LogP contribution in [0.1, 0.15) is 105 Å². The number of fused-ring (bicyclic) bond motifs is 3. The summed E-state index contributed by atoms with van der Waals surface area (Å²) in [6, 6.07) is 0. The van der Waals surface area contributed by atoms with Gasteiger partial charge in [-0.3, -0.25) is 0 Å². The van der Waals surface area contributed by atoms with Crippen molar-refractivity contribution in [1.29, 1.82) is 0 Å². The second kappa shape index (κ2) is 10.7. The minimum atomic E-state index is -0.181. The third-order valence-corrected chi connectivity index (χ3v) is 13.9. The van der Waals surface area contributed by atoms with Crippen molar-refractivity contribution in [2.45, 2.75) is 129 Å². The molecule has 1 N–H and O–H groups in total. The Labute approximate surface area is 248 Å². The monoisotopic (exact) mass is 657 g/mol. The SMILES string of the molecule is CC(C)CC1CCC2(C)C(CC=C3C2CCC2C34CCC(OCC3(NSI)CCOCC3)[C@@]2(C)OC4C)C1. The average Bonchev–Trinajstić information content (AvgIpc) is 3.05. The third kappa shape index (κ3) is 4.51. The number of ether oxygens (including phenoxy) is 3. The fraction of sp³-hybridized carbons (Fsp3) is 0.938. The molecule has 6 aliphatic rings. The Balaban J connectivity index is 1.22. The molecule has 38 heavy (non-hydrogen) atoms. The van der Waals surface area contributed by atoms with Gasteiger partial charge in [-0.25, -0.2) is 4.72 Å². The van der Waals surface area contributed by atoms with E-state index in [2.05, 4.69) is 66.6 Å². The number of hydrogen-bond donors (Lipinski definition) is 1. The van der Waals surface area contributed by atoms with Crippen molar-refractivity contribution in [3.63, 3.8) is 0 Å². The van der Waals surface area contributed by atoms with Gasteiger partial charge < -0.3 is 14.2 Å². The Morgan fingerprint density at radius 3 is 2.63 bits per heavy atom. The van der Waals surface area contributed by atoms with E-state index in [1.165, 1.54) is 51.4 Å². The fourth-order valence-corrected chi connectivity index (χ4v) is 12.6. The zero-order valence-electron chi connectivity index (χ0n) is 24.5. The second-order valence-corrected chi connectivity index (χ2v) is 16.6. The summed E-state index contributed by atoms with van der Waals surface area (Å²) < 4.78 is 23.4. The van der Waals surface area contributed by atoms with Crippen molar-refractivity contribution in [2.24, 2.45) is 40.4 Å². The van der Waals surface area contributed by atoms with Crippen LogP contribution in [-0.2, 0) is 14.2 Å². The molecule has 6 heteroatoms. The first kappa shape index (κ1) is 28.8. The van der Waals surface area contributed by atoms with E-state index >= 15 is 0 Å². The predicted molar refractivity (Wildman–Crippen MR) is 165 cm³/mol. The van der Waals surface area contributed by atoms with Crippen LogP contribution in [0.3, 0.4) is 0 Å². The highest BCUT2D eigenvalue weighted by molar-refractivity contribution is 14.2. The summed E-state index contributed by atoms with van der Waals surface area (Å²) in [5.41, 5.74) is 2.38. The molecule has 0 aromatic heterocycles. The van der Waals surface area contributed by atoms with Crippen LogP contribution < -0.4 is 4.72 Å². The molecule has 6 rings (SSSR count). The van der Waals surface area contributed by atoms with Crippen LogP contribution in [-0.4, -0.2) is 43.2 Å². The summed E-state index contributed by atoms with van der Waals surface area (Å²) in [6.07, 6.45) is 17.4. The lowest BCUT2D eigenvalue weighted by Crippen LogP contribution is -2.59. The minimum absolute atomic E-state index is 0.0147. The Kier molecular flexibility index (Phi) is 8.13. The standard InChI is InChI=1S/C32H52INO3S/c1-21(2)18-23-10-12-29(4)24(19-23)6-7-26-25(29)8-9-27-30(5)28(11-13-32(26,27)22(3)37-30)36-20-31(34-38-33)14-16-35-17-15-31/h7,21-25,27-28,34H,6,8-20H2,1-5H3/t22?,23?,24?,25?,27?,28?,29?,30-,32?/m0/s1. The maximum atomic E-state index is 7.12. The van der Waals surface area contributed by atoms with Gasteiger partial charge in [0.1, 0.15) is 0 Å². The highest BCUT2D eigenvalue weighted by Gasteiger charge is 2.70. The van der Waals surface area contributed by atoms with Crippen LogP contribution in [0.2, 0.25) is 0 Å². The highest BCUT2D eigenvalue weighted by Crippen LogP contribution is 2.71. The first-order valence-electron chi connectivity index (χ1n) is 15.8. The smallest absolute Gasteiger partial charge is 0.0956 e. The van der Waals surface area contributed by atoms with Crippen LogP contribution in [0.4, 0.5) is 0 Å². The van der Waals surface area contributed by atoms with E-state index in [0.29, 0.717) is 11.3 Å². The lowest BCUT2D eigenvalue weighted by molar-refractivity contribution is -0.162. The molecule has 2 aliphatic heterocycles. The van der Waals surface area contributed by atoms with Gasteiger partial charge in [-0.1, -0.05) is 32.4 Å². The average molecular weight is 658 g/mol. The molecule has 3 saturated carbocycles. The van der Waals surface area contributed by atoms with Crippen molar-refractivity contribution < 1.29 is 14.2 Å². The number of hydrogen-bond acceptors (Lipinski definition) is 5. The molecule has 0 radical (unpaired) electrons. The Morgan fingerprint density at radius 2 is 1.89 bits per heavy atom. The third-order valence-electron chi connectivity index (χ3n) is 12.7. The normalized spacial score (nSPS) is 47.7. The molecule has 4 nitrogen and oxygen atoms in total. The molecule has 8 unspecified atom stereocenters. The summed E-state index contributed by atoms with van der Waals surface area (Å²) in [4.78, 5) is 0. The number of allylic oxidation sites excluding steroid dienone is 1. The molecule has 2 saturated heterocycles. The molecule has 216 valence electrons. The zero-order chi connectivity index (χ0) is 26.8. The Hall–Kier alpha value is 0.660. The van der Waals surface area contributed by atoms with E-state index < -0.39 is 0 Å². The summed E-state index contributed by atoms with van der Waals surface area (Å²) in [6.45, 7) is 14.7. The van der Waals surface area contributed by atoms with Crippen molar-refractivity contribution >= 4 is 30.3 Å². The summed E-state index contributed by atoms with van der Waals surface area (Å²) >= 11 is 2.36. The quantitative estimate of drug-likeness (QED) is 0.170. The van der Waals surface area contributed by atoms with E-state index in [0.717, 1.165) is 62.8 Å². The van der Waals surface area contributed by atoms with Gasteiger partial charge in [0.15, 0.2) is 0 Å². The van der Waals surface area contributed by atoms with Gasteiger partial charge in [0, 0.05) is 45.8 Å². The van der Waals surface area contributed by atoms with Gasteiger partial charge in [-0.2, -0.15) is 0 Å². The van der Waals surface area contributed by atoms with Gasteiger partial charge in [-0.15, -0.1) is 0 Å². The van der Waals surface area contributed by atoms with Gasteiger partial charge in [0.2, 0.25) is 0 Å². The zero-order valence-corrected chi connectivity index (χ0v) is 27.5. The van der Waals surface area contributed by atoms with Crippen molar-refractivity contribution in [3.05, 3.63) is 11.6 Å².